The van der Waals surface area contributed by atoms with Crippen LogP contribution in [-0.4, -0.2) is 11.0 Å². The number of fused-ring (bicyclic) bond motifs is 1. The Morgan fingerprint density at radius 1 is 1.53 bits per heavy atom. The van der Waals surface area contributed by atoms with Crippen LogP contribution < -0.4 is 16.8 Å². The van der Waals surface area contributed by atoms with Crippen molar-refractivity contribution < 1.29 is 4.42 Å². The lowest BCUT2D eigenvalue weighted by Crippen LogP contribution is -2.15. The van der Waals surface area contributed by atoms with Crippen LogP contribution >= 0.6 is 0 Å². The number of rotatable bonds is 4. The van der Waals surface area contributed by atoms with Crippen LogP contribution in [-0.2, 0) is 0 Å². The number of nitrogens with two attached hydrogens (primary N) is 1. The number of H-pyrrole nitrogens is 1. The number of aromatic amines is 1. The topological polar surface area (TPSA) is 84.0 Å². The summed E-state index contributed by atoms with van der Waals surface area (Å²) in [6.45, 7) is 4.24. The van der Waals surface area contributed by atoms with Gasteiger partial charge in [-0.3, -0.25) is 4.98 Å². The Labute approximate surface area is 99.0 Å². The molecule has 17 heavy (non-hydrogen) atoms. The summed E-state index contributed by atoms with van der Waals surface area (Å²) < 4.78 is 4.94. The average molecular weight is 235 g/mol. The molecule has 0 aliphatic carbocycles. The van der Waals surface area contributed by atoms with E-state index in [2.05, 4.69) is 24.1 Å². The molecule has 5 nitrogen and oxygen atoms in total. The van der Waals surface area contributed by atoms with Crippen molar-refractivity contribution in [3.8, 4) is 0 Å². The maximum absolute atomic E-state index is 11.1. The summed E-state index contributed by atoms with van der Waals surface area (Å²) in [5.74, 6) is -0.460. The van der Waals surface area contributed by atoms with Gasteiger partial charge < -0.3 is 15.5 Å². The van der Waals surface area contributed by atoms with Crippen molar-refractivity contribution in [1.29, 1.82) is 0 Å². The maximum atomic E-state index is 11.1. The minimum absolute atomic E-state index is 0.346. The molecule has 1 aromatic carbocycles. The Bertz CT molecular complexity index is 571. The van der Waals surface area contributed by atoms with Gasteiger partial charge in [-0.2, -0.15) is 0 Å². The van der Waals surface area contributed by atoms with Gasteiger partial charge in [-0.05, 0) is 19.4 Å². The zero-order chi connectivity index (χ0) is 12.4. The molecule has 1 atom stereocenters. The first kappa shape index (κ1) is 11.6. The molecule has 1 heterocycles. The molecule has 0 saturated carbocycles. The van der Waals surface area contributed by atoms with Crippen LogP contribution in [0.1, 0.15) is 26.7 Å². The number of benzene rings is 1. The second-order valence-electron chi connectivity index (χ2n) is 4.28. The molecule has 0 amide bonds. The lowest BCUT2D eigenvalue weighted by Gasteiger charge is -2.15. The van der Waals surface area contributed by atoms with Crippen molar-refractivity contribution in [2.45, 2.75) is 32.7 Å². The second kappa shape index (κ2) is 4.53. The molecule has 0 aliphatic heterocycles. The molecule has 5 heteroatoms. The van der Waals surface area contributed by atoms with Crippen LogP contribution in [0, 0.1) is 0 Å². The normalized spacial score (nSPS) is 12.8. The largest absolute Gasteiger partial charge is 0.417 e. The van der Waals surface area contributed by atoms with Crippen molar-refractivity contribution in [3.05, 3.63) is 22.7 Å². The highest BCUT2D eigenvalue weighted by Crippen LogP contribution is 2.25. The third-order valence-corrected chi connectivity index (χ3v) is 2.71. The van der Waals surface area contributed by atoms with Crippen molar-refractivity contribution in [1.82, 2.24) is 4.98 Å². The summed E-state index contributed by atoms with van der Waals surface area (Å²) >= 11 is 0. The molecule has 0 aliphatic rings. The zero-order valence-corrected chi connectivity index (χ0v) is 10.0. The fraction of sp³-hybridized carbons (Fsp3) is 0.417. The van der Waals surface area contributed by atoms with Gasteiger partial charge in [0.05, 0.1) is 16.9 Å². The maximum Gasteiger partial charge on any atom is 0.417 e. The molecule has 0 radical (unpaired) electrons. The summed E-state index contributed by atoms with van der Waals surface area (Å²) in [4.78, 5) is 13.7. The predicted molar refractivity (Wildman–Crippen MR) is 69.2 cm³/mol. The second-order valence-corrected chi connectivity index (χ2v) is 4.28. The van der Waals surface area contributed by atoms with Crippen LogP contribution in [0.5, 0.6) is 0 Å². The molecule has 4 N–H and O–H groups in total. The van der Waals surface area contributed by atoms with Crippen molar-refractivity contribution in [3.63, 3.8) is 0 Å². The minimum atomic E-state index is -0.460. The van der Waals surface area contributed by atoms with Gasteiger partial charge in [-0.25, -0.2) is 4.79 Å². The first-order valence-electron chi connectivity index (χ1n) is 5.79. The Morgan fingerprint density at radius 2 is 2.29 bits per heavy atom. The number of anilines is 2. The van der Waals surface area contributed by atoms with E-state index in [1.807, 2.05) is 6.07 Å². The number of oxazole rings is 1. The number of hydrogen-bond acceptors (Lipinski definition) is 4. The molecule has 2 aromatic rings. The summed E-state index contributed by atoms with van der Waals surface area (Å²) in [6, 6.07) is 3.81. The lowest BCUT2D eigenvalue weighted by molar-refractivity contribution is 0.555. The van der Waals surface area contributed by atoms with Gasteiger partial charge in [0, 0.05) is 12.1 Å². The van der Waals surface area contributed by atoms with Gasteiger partial charge in [-0.1, -0.05) is 13.3 Å². The van der Waals surface area contributed by atoms with E-state index in [0.29, 0.717) is 22.8 Å². The van der Waals surface area contributed by atoms with E-state index in [1.165, 1.54) is 0 Å². The first-order chi connectivity index (χ1) is 8.10. The smallest absolute Gasteiger partial charge is 0.408 e. The van der Waals surface area contributed by atoms with E-state index in [-0.39, 0.29) is 0 Å². The molecule has 0 bridgehead atoms. The number of hydrogen-bond donors (Lipinski definition) is 3. The van der Waals surface area contributed by atoms with Crippen LogP contribution in [0.3, 0.4) is 0 Å². The van der Waals surface area contributed by atoms with Gasteiger partial charge in [0.15, 0.2) is 5.58 Å². The fourth-order valence-corrected chi connectivity index (χ4v) is 1.91. The first-order valence-corrected chi connectivity index (χ1v) is 5.79. The molecule has 0 spiro atoms. The third-order valence-electron chi connectivity index (χ3n) is 2.71. The number of aromatic nitrogens is 1. The summed E-state index contributed by atoms with van der Waals surface area (Å²) in [7, 11) is 0. The Morgan fingerprint density at radius 3 is 3.00 bits per heavy atom. The average Bonchev–Trinajstić information content (AvgIpc) is 2.58. The minimum Gasteiger partial charge on any atom is -0.408 e. The van der Waals surface area contributed by atoms with Crippen LogP contribution in [0.4, 0.5) is 11.4 Å². The molecule has 1 unspecified atom stereocenters. The summed E-state index contributed by atoms with van der Waals surface area (Å²) in [6.07, 6.45) is 2.18. The Kier molecular flexibility index (Phi) is 3.08. The van der Waals surface area contributed by atoms with E-state index in [4.69, 9.17) is 10.2 Å². The molecule has 1 aromatic heterocycles. The van der Waals surface area contributed by atoms with E-state index >= 15 is 0 Å². The van der Waals surface area contributed by atoms with Gasteiger partial charge >= 0.3 is 5.76 Å². The van der Waals surface area contributed by atoms with Crippen molar-refractivity contribution >= 4 is 22.5 Å². The van der Waals surface area contributed by atoms with E-state index in [1.54, 1.807) is 6.07 Å². The monoisotopic (exact) mass is 235 g/mol. The highest BCUT2D eigenvalue weighted by atomic mass is 16.4. The highest BCUT2D eigenvalue weighted by molar-refractivity contribution is 5.85. The number of nitrogens with one attached hydrogen (secondary N) is 2. The van der Waals surface area contributed by atoms with Crippen LogP contribution in [0.15, 0.2) is 21.3 Å². The van der Waals surface area contributed by atoms with Gasteiger partial charge in [0.25, 0.3) is 0 Å². The highest BCUT2D eigenvalue weighted by Gasteiger charge is 2.08. The quantitative estimate of drug-likeness (QED) is 0.710. The number of nitrogen functional groups attached to an aromatic ring is 1. The fourth-order valence-electron chi connectivity index (χ4n) is 1.91. The van der Waals surface area contributed by atoms with Crippen LogP contribution in [0.25, 0.3) is 11.1 Å². The Hall–Kier alpha value is -1.91. The van der Waals surface area contributed by atoms with Crippen molar-refractivity contribution in [2.24, 2.45) is 0 Å². The SMILES string of the molecule is CCCC(C)Nc1cc2[nH]c(=O)oc2cc1N. The van der Waals surface area contributed by atoms with Crippen LogP contribution in [0.2, 0.25) is 0 Å². The molecule has 0 saturated heterocycles. The molecule has 0 fully saturated rings. The van der Waals surface area contributed by atoms with Gasteiger partial charge in [0.2, 0.25) is 0 Å². The van der Waals surface area contributed by atoms with Gasteiger partial charge in [0.1, 0.15) is 0 Å². The standard InChI is InChI=1S/C12H17N3O2/c1-3-4-7(2)14-9-6-10-11(5-8(9)13)17-12(16)15-10/h5-7,14H,3-4,13H2,1-2H3,(H,15,16). The molecule has 92 valence electrons. The van der Waals surface area contributed by atoms with E-state index in [0.717, 1.165) is 18.5 Å². The molecular weight excluding hydrogens is 218 g/mol. The molecular formula is C12H17N3O2. The molecule has 2 rings (SSSR count). The van der Waals surface area contributed by atoms with Gasteiger partial charge in [-0.15, -0.1) is 0 Å². The Balaban J connectivity index is 2.33. The zero-order valence-electron chi connectivity index (χ0n) is 10.0. The van der Waals surface area contributed by atoms with E-state index in [9.17, 15) is 4.79 Å². The van der Waals surface area contributed by atoms with Crippen molar-refractivity contribution in [2.75, 3.05) is 11.1 Å². The lowest BCUT2D eigenvalue weighted by atomic mass is 10.1. The predicted octanol–water partition coefficient (Wildman–Crippen LogP) is 2.30. The van der Waals surface area contributed by atoms with E-state index < -0.39 is 5.76 Å². The third kappa shape index (κ3) is 2.43. The summed E-state index contributed by atoms with van der Waals surface area (Å²) in [5, 5.41) is 3.32. The summed E-state index contributed by atoms with van der Waals surface area (Å²) in [5.41, 5.74) is 8.47.